The molecule has 1 aliphatic carbocycles. The number of amides is 2. The van der Waals surface area contributed by atoms with Crippen molar-refractivity contribution in [2.24, 2.45) is 10.2 Å². The van der Waals surface area contributed by atoms with Gasteiger partial charge in [0.25, 0.3) is 11.8 Å². The summed E-state index contributed by atoms with van der Waals surface area (Å²) in [5, 5.41) is 14.0. The number of rotatable bonds is 6. The lowest BCUT2D eigenvalue weighted by atomic mass is 9.95. The van der Waals surface area contributed by atoms with Crippen LogP contribution in [0.15, 0.2) is 58.4 Å². The second-order valence-corrected chi connectivity index (χ2v) is 8.38. The van der Waals surface area contributed by atoms with Gasteiger partial charge in [0.2, 0.25) is 5.88 Å². The summed E-state index contributed by atoms with van der Waals surface area (Å²) in [4.78, 5) is 33.0. The van der Waals surface area contributed by atoms with Crippen molar-refractivity contribution < 1.29 is 23.5 Å². The zero-order valence-corrected chi connectivity index (χ0v) is 19.5. The number of carbonyl (C=O) groups excluding carboxylic acids is 2. The van der Waals surface area contributed by atoms with Crippen molar-refractivity contribution in [2.45, 2.75) is 31.8 Å². The highest BCUT2D eigenvalue weighted by atomic mass is 19.1. The Bertz CT molecular complexity index is 1410. The summed E-state index contributed by atoms with van der Waals surface area (Å²) in [7, 11) is 1.53. The molecule has 0 spiro atoms. The molecule has 0 saturated heterocycles. The number of aromatic nitrogens is 2. The fourth-order valence-corrected chi connectivity index (χ4v) is 4.06. The van der Waals surface area contributed by atoms with Crippen LogP contribution in [0.1, 0.15) is 24.8 Å². The summed E-state index contributed by atoms with van der Waals surface area (Å²) < 4.78 is 24.7. The van der Waals surface area contributed by atoms with Crippen LogP contribution in [0.25, 0.3) is 11.0 Å². The number of pyridine rings is 2. The largest absolute Gasteiger partial charge is 0.481 e. The van der Waals surface area contributed by atoms with E-state index in [2.05, 4.69) is 30.8 Å². The third kappa shape index (κ3) is 4.99. The Morgan fingerprint density at radius 2 is 2.22 bits per heavy atom. The number of anilines is 2. The van der Waals surface area contributed by atoms with Gasteiger partial charge in [-0.1, -0.05) is 6.08 Å². The molecule has 0 bridgehead atoms. The highest BCUT2D eigenvalue weighted by molar-refractivity contribution is 6.07. The van der Waals surface area contributed by atoms with Gasteiger partial charge in [0.05, 0.1) is 36.6 Å². The van der Waals surface area contributed by atoms with Gasteiger partial charge in [-0.3, -0.25) is 14.6 Å². The van der Waals surface area contributed by atoms with Gasteiger partial charge in [0.15, 0.2) is 6.61 Å². The number of ether oxygens (including phenoxy) is 2. The molecule has 3 aromatic rings. The number of azo groups is 1. The fraction of sp³-hybridized carbons (Fsp3) is 0.280. The molecule has 11 heteroatoms. The molecule has 1 unspecified atom stereocenters. The van der Waals surface area contributed by atoms with E-state index in [0.717, 1.165) is 0 Å². The average molecular weight is 490 g/mol. The van der Waals surface area contributed by atoms with Gasteiger partial charge in [-0.2, -0.15) is 10.2 Å². The zero-order valence-electron chi connectivity index (χ0n) is 19.5. The molecule has 1 aliphatic heterocycles. The third-order valence-corrected chi connectivity index (χ3v) is 5.96. The van der Waals surface area contributed by atoms with Crippen molar-refractivity contribution in [1.82, 2.24) is 9.97 Å². The molecule has 5 rings (SSSR count). The van der Waals surface area contributed by atoms with Gasteiger partial charge in [-0.25, -0.2) is 9.37 Å². The standard InChI is InChI=1S/C25H23FN6O4/c1-35-23-7-6-18-24(31-23)19(8-9-27-18)30-25(34)14-2-4-16(5-3-14)32-28-12-15-10-20-21(11-17(15)26)36-13-22(33)29-20/h2,6-11,16H,3-5,12-13H2,1H3,(H,29,33)(H,27,30,34). The number of nitrogens with one attached hydrogen (secondary N) is 2. The van der Waals surface area contributed by atoms with Gasteiger partial charge in [-0.05, 0) is 37.5 Å². The van der Waals surface area contributed by atoms with Crippen LogP contribution in [-0.2, 0) is 16.1 Å². The molecule has 184 valence electrons. The minimum Gasteiger partial charge on any atom is -0.481 e. The molecule has 1 atom stereocenters. The van der Waals surface area contributed by atoms with Gasteiger partial charge < -0.3 is 20.1 Å². The summed E-state index contributed by atoms with van der Waals surface area (Å²) in [5.41, 5.74) is 3.14. The second kappa shape index (κ2) is 10.1. The van der Waals surface area contributed by atoms with Crippen LogP contribution in [0.2, 0.25) is 0 Å². The lowest BCUT2D eigenvalue weighted by Gasteiger charge is -2.19. The van der Waals surface area contributed by atoms with Crippen molar-refractivity contribution in [3.05, 3.63) is 59.6 Å². The van der Waals surface area contributed by atoms with Gasteiger partial charge in [0.1, 0.15) is 17.1 Å². The number of hydrogen-bond donors (Lipinski definition) is 2. The fourth-order valence-electron chi connectivity index (χ4n) is 4.06. The van der Waals surface area contributed by atoms with E-state index in [0.29, 0.717) is 64.4 Å². The minimum absolute atomic E-state index is 0.0358. The van der Waals surface area contributed by atoms with E-state index in [1.165, 1.54) is 19.2 Å². The van der Waals surface area contributed by atoms with Gasteiger partial charge in [-0.15, -0.1) is 0 Å². The maximum absolute atomic E-state index is 14.3. The number of fused-ring (bicyclic) bond motifs is 2. The molecular formula is C25H23FN6O4. The highest BCUT2D eigenvalue weighted by Crippen LogP contribution is 2.31. The van der Waals surface area contributed by atoms with Crippen LogP contribution in [0.3, 0.4) is 0 Å². The highest BCUT2D eigenvalue weighted by Gasteiger charge is 2.21. The molecule has 0 saturated carbocycles. The van der Waals surface area contributed by atoms with E-state index in [-0.39, 0.29) is 31.0 Å². The molecule has 0 radical (unpaired) electrons. The van der Waals surface area contributed by atoms with E-state index < -0.39 is 5.82 Å². The zero-order chi connectivity index (χ0) is 25.1. The Morgan fingerprint density at radius 1 is 1.33 bits per heavy atom. The Kier molecular flexibility index (Phi) is 6.52. The predicted octanol–water partition coefficient (Wildman–Crippen LogP) is 4.18. The monoisotopic (exact) mass is 490 g/mol. The normalized spacial score (nSPS) is 17.2. The number of carbonyl (C=O) groups is 2. The molecule has 2 N–H and O–H groups in total. The van der Waals surface area contributed by atoms with Gasteiger partial charge >= 0.3 is 0 Å². The molecule has 10 nitrogen and oxygen atoms in total. The lowest BCUT2D eigenvalue weighted by molar-refractivity contribution is -0.118. The molecular weight excluding hydrogens is 467 g/mol. The van der Waals surface area contributed by atoms with Crippen LogP contribution in [0, 0.1) is 5.82 Å². The van der Waals surface area contributed by atoms with Crippen molar-refractivity contribution >= 4 is 34.2 Å². The van der Waals surface area contributed by atoms with E-state index in [4.69, 9.17) is 9.47 Å². The minimum atomic E-state index is -0.470. The van der Waals surface area contributed by atoms with E-state index in [1.54, 1.807) is 24.4 Å². The van der Waals surface area contributed by atoms with Crippen molar-refractivity contribution in [1.29, 1.82) is 0 Å². The SMILES string of the molecule is COc1ccc2nccc(NC(=O)C3=CCC(N=NCc4cc5c(cc4F)OCC(=O)N5)CC3)c2n1. The van der Waals surface area contributed by atoms with Crippen LogP contribution >= 0.6 is 0 Å². The van der Waals surface area contributed by atoms with Crippen molar-refractivity contribution in [3.63, 3.8) is 0 Å². The smallest absolute Gasteiger partial charge is 0.262 e. The molecule has 0 fully saturated rings. The lowest BCUT2D eigenvalue weighted by Crippen LogP contribution is -2.25. The topological polar surface area (TPSA) is 127 Å². The van der Waals surface area contributed by atoms with E-state index >= 15 is 0 Å². The van der Waals surface area contributed by atoms with Crippen LogP contribution in [-0.4, -0.2) is 41.5 Å². The summed E-state index contributed by atoms with van der Waals surface area (Å²) >= 11 is 0. The number of hydrogen-bond acceptors (Lipinski definition) is 8. The van der Waals surface area contributed by atoms with E-state index in [9.17, 15) is 14.0 Å². The maximum atomic E-state index is 14.3. The first-order chi connectivity index (χ1) is 17.5. The first-order valence-corrected chi connectivity index (χ1v) is 11.4. The summed E-state index contributed by atoms with van der Waals surface area (Å²) in [6.45, 7) is -0.0976. The summed E-state index contributed by atoms with van der Waals surface area (Å²) in [6.07, 6.45) is 5.19. The van der Waals surface area contributed by atoms with Crippen molar-refractivity contribution in [3.8, 4) is 11.6 Å². The third-order valence-electron chi connectivity index (χ3n) is 5.96. The first kappa shape index (κ1) is 23.3. The first-order valence-electron chi connectivity index (χ1n) is 11.4. The Balaban J connectivity index is 1.20. The number of nitrogens with zero attached hydrogens (tertiary/aromatic N) is 4. The molecule has 2 amide bonds. The molecule has 2 aromatic heterocycles. The maximum Gasteiger partial charge on any atom is 0.262 e. The second-order valence-electron chi connectivity index (χ2n) is 8.38. The molecule has 3 heterocycles. The van der Waals surface area contributed by atoms with E-state index in [1.807, 2.05) is 6.08 Å². The number of benzene rings is 1. The molecule has 1 aromatic carbocycles. The predicted molar refractivity (Wildman–Crippen MR) is 130 cm³/mol. The summed E-state index contributed by atoms with van der Waals surface area (Å²) in [5.74, 6) is -0.233. The quantitative estimate of drug-likeness (QED) is 0.499. The van der Waals surface area contributed by atoms with Crippen LogP contribution in [0.5, 0.6) is 11.6 Å². The summed E-state index contributed by atoms with van der Waals surface area (Å²) in [6, 6.07) is 7.85. The molecule has 2 aliphatic rings. The van der Waals surface area contributed by atoms with Crippen LogP contribution in [0.4, 0.5) is 15.8 Å². The Hall–Kier alpha value is -4.41. The molecule has 36 heavy (non-hydrogen) atoms. The number of halogens is 1. The number of methoxy groups -OCH3 is 1. The Morgan fingerprint density at radius 3 is 3.03 bits per heavy atom. The van der Waals surface area contributed by atoms with Crippen molar-refractivity contribution in [2.75, 3.05) is 24.4 Å². The van der Waals surface area contributed by atoms with Crippen LogP contribution < -0.4 is 20.1 Å². The van der Waals surface area contributed by atoms with Gasteiger partial charge in [0, 0.05) is 29.5 Å². The Labute approximate surface area is 205 Å². The average Bonchev–Trinajstić information content (AvgIpc) is 2.89.